The number of nitrogens with one attached hydrogen (secondary N) is 1. The van der Waals surface area contributed by atoms with Gasteiger partial charge in [0.2, 0.25) is 0 Å². The van der Waals surface area contributed by atoms with Crippen LogP contribution >= 0.6 is 27.5 Å². The van der Waals surface area contributed by atoms with Crippen molar-refractivity contribution in [1.82, 2.24) is 14.9 Å². The Bertz CT molecular complexity index is 1540. The van der Waals surface area contributed by atoms with E-state index in [1.165, 1.54) is 30.5 Å². The predicted octanol–water partition coefficient (Wildman–Crippen LogP) is 8.35. The molecule has 5 nitrogen and oxygen atoms in total. The Morgan fingerprint density at radius 2 is 1.63 bits per heavy atom. The summed E-state index contributed by atoms with van der Waals surface area (Å²) >= 11 is 8.88. The Hall–Kier alpha value is -3.34. The minimum atomic E-state index is -4.65. The molecule has 41 heavy (non-hydrogen) atoms. The molecular weight excluding hydrogens is 624 g/mol. The van der Waals surface area contributed by atoms with Crippen molar-refractivity contribution in [2.75, 3.05) is 18.4 Å². The molecule has 1 amide bonds. The summed E-state index contributed by atoms with van der Waals surface area (Å²) in [6, 6.07) is 18.1. The lowest BCUT2D eigenvalue weighted by Crippen LogP contribution is -2.33. The van der Waals surface area contributed by atoms with Crippen LogP contribution in [-0.4, -0.2) is 33.9 Å². The summed E-state index contributed by atoms with van der Waals surface area (Å²) in [5, 5.41) is 2.72. The first kappa shape index (κ1) is 29.2. The van der Waals surface area contributed by atoms with Crippen molar-refractivity contribution in [3.05, 3.63) is 111 Å². The first-order valence-electron chi connectivity index (χ1n) is 12.8. The summed E-state index contributed by atoms with van der Waals surface area (Å²) in [6.45, 7) is 2.13. The monoisotopic (exact) mass is 646 g/mol. The average Bonchev–Trinajstić information content (AvgIpc) is 2.94. The molecule has 0 aliphatic carbocycles. The van der Waals surface area contributed by atoms with Crippen LogP contribution in [0, 0.1) is 5.82 Å². The van der Waals surface area contributed by atoms with E-state index < -0.39 is 17.6 Å². The third kappa shape index (κ3) is 7.12. The zero-order chi connectivity index (χ0) is 29.1. The van der Waals surface area contributed by atoms with Gasteiger partial charge in [-0.1, -0.05) is 48.0 Å². The molecule has 2 aromatic carbocycles. The van der Waals surface area contributed by atoms with Gasteiger partial charge in [0.05, 0.1) is 16.9 Å². The number of alkyl halides is 3. The zero-order valence-electron chi connectivity index (χ0n) is 21.6. The molecule has 1 fully saturated rings. The molecule has 0 unspecified atom stereocenters. The molecule has 0 atom stereocenters. The zero-order valence-corrected chi connectivity index (χ0v) is 23.9. The van der Waals surface area contributed by atoms with Gasteiger partial charge in [0.1, 0.15) is 15.6 Å². The molecule has 0 saturated carbocycles. The molecule has 1 N–H and O–H groups in total. The summed E-state index contributed by atoms with van der Waals surface area (Å²) in [5.41, 5.74) is 2.68. The second kappa shape index (κ2) is 12.3. The number of piperidine rings is 1. The van der Waals surface area contributed by atoms with Gasteiger partial charge in [-0.25, -0.2) is 14.4 Å². The smallest absolute Gasteiger partial charge is 0.320 e. The Balaban J connectivity index is 1.29. The van der Waals surface area contributed by atoms with Crippen molar-refractivity contribution in [2.45, 2.75) is 31.5 Å². The number of likely N-dealkylation sites (tertiary alicyclic amines) is 1. The van der Waals surface area contributed by atoms with Crippen LogP contribution in [0.1, 0.15) is 45.9 Å². The molecule has 0 spiro atoms. The summed E-state index contributed by atoms with van der Waals surface area (Å²) in [6.07, 6.45) is -1.99. The molecule has 0 bridgehead atoms. The van der Waals surface area contributed by atoms with Gasteiger partial charge in [0.15, 0.2) is 0 Å². The van der Waals surface area contributed by atoms with E-state index in [1.807, 2.05) is 24.3 Å². The highest BCUT2D eigenvalue weighted by molar-refractivity contribution is 9.10. The molecule has 11 heteroatoms. The van der Waals surface area contributed by atoms with Gasteiger partial charge < -0.3 is 5.32 Å². The third-order valence-corrected chi connectivity index (χ3v) is 7.87. The maximum absolute atomic E-state index is 13.7. The molecule has 5 rings (SSSR count). The number of carbonyl (C=O) groups excluding carboxylic acids is 1. The largest absolute Gasteiger partial charge is 0.419 e. The maximum atomic E-state index is 13.7. The Kier molecular flexibility index (Phi) is 8.72. The summed E-state index contributed by atoms with van der Waals surface area (Å²) in [4.78, 5) is 23.3. The molecule has 4 aromatic rings. The van der Waals surface area contributed by atoms with E-state index in [0.717, 1.165) is 22.8 Å². The van der Waals surface area contributed by atoms with Gasteiger partial charge in [-0.3, -0.25) is 9.69 Å². The Morgan fingerprint density at radius 1 is 1.00 bits per heavy atom. The van der Waals surface area contributed by atoms with E-state index in [2.05, 4.69) is 36.1 Å². The summed E-state index contributed by atoms with van der Waals surface area (Å²) in [7, 11) is 0. The van der Waals surface area contributed by atoms with E-state index in [1.54, 1.807) is 12.1 Å². The second-order valence-electron chi connectivity index (χ2n) is 9.83. The number of anilines is 1. The van der Waals surface area contributed by atoms with E-state index in [9.17, 15) is 22.4 Å². The number of benzene rings is 2. The SMILES string of the molecule is O=C(Nc1cc(C(F)(F)F)c(Br)nc1C1CCN(Cc2ccc(-c3ccc(F)cc3)cc2)CC1)c1ccnc(Cl)c1. The first-order valence-corrected chi connectivity index (χ1v) is 14.0. The molecular formula is C30H24BrClF4N4O. The highest BCUT2D eigenvalue weighted by atomic mass is 79.9. The van der Waals surface area contributed by atoms with Crippen molar-refractivity contribution in [1.29, 1.82) is 0 Å². The lowest BCUT2D eigenvalue weighted by molar-refractivity contribution is -0.138. The summed E-state index contributed by atoms with van der Waals surface area (Å²) < 4.78 is 54.0. The fraction of sp³-hybridized carbons (Fsp3) is 0.233. The third-order valence-electron chi connectivity index (χ3n) is 7.06. The highest BCUT2D eigenvalue weighted by Gasteiger charge is 2.36. The number of aromatic nitrogens is 2. The number of hydrogen-bond acceptors (Lipinski definition) is 4. The topological polar surface area (TPSA) is 58.1 Å². The second-order valence-corrected chi connectivity index (χ2v) is 11.0. The van der Waals surface area contributed by atoms with Crippen LogP contribution in [0.5, 0.6) is 0 Å². The number of pyridine rings is 2. The van der Waals surface area contributed by atoms with Gasteiger partial charge in [-0.15, -0.1) is 0 Å². The van der Waals surface area contributed by atoms with Crippen LogP contribution in [0.15, 0.2) is 77.5 Å². The van der Waals surface area contributed by atoms with Crippen LogP contribution in [-0.2, 0) is 12.7 Å². The fourth-order valence-corrected chi connectivity index (χ4v) is 5.62. The number of halogens is 6. The number of amides is 1. The normalized spacial score (nSPS) is 14.7. The predicted molar refractivity (Wildman–Crippen MR) is 153 cm³/mol. The minimum absolute atomic E-state index is 0.0216. The Labute approximate surface area is 247 Å². The standard InChI is InChI=1S/C30H24BrClF4N4O/c31-28-24(30(34,35)36)16-25(38-29(41)22-9-12-37-26(32)15-22)27(39-28)21-10-13-40(14-11-21)17-18-1-3-19(4-2-18)20-5-7-23(33)8-6-20/h1-9,12,15-16,21H,10-11,13-14,17H2,(H,38,41). The van der Waals surface area contributed by atoms with Crippen LogP contribution in [0.25, 0.3) is 11.1 Å². The van der Waals surface area contributed by atoms with Crippen LogP contribution in [0.2, 0.25) is 5.15 Å². The van der Waals surface area contributed by atoms with Crippen molar-refractivity contribution in [3.8, 4) is 11.1 Å². The van der Waals surface area contributed by atoms with Crippen molar-refractivity contribution < 1.29 is 22.4 Å². The van der Waals surface area contributed by atoms with Gasteiger partial charge in [0, 0.05) is 24.2 Å². The average molecular weight is 648 g/mol. The highest BCUT2D eigenvalue weighted by Crippen LogP contribution is 2.40. The maximum Gasteiger partial charge on any atom is 0.419 e. The van der Waals surface area contributed by atoms with Crippen LogP contribution < -0.4 is 5.32 Å². The van der Waals surface area contributed by atoms with E-state index in [-0.39, 0.29) is 32.7 Å². The van der Waals surface area contributed by atoms with Crippen molar-refractivity contribution in [3.63, 3.8) is 0 Å². The van der Waals surface area contributed by atoms with Crippen molar-refractivity contribution >= 4 is 39.1 Å². The molecule has 3 heterocycles. The van der Waals surface area contributed by atoms with Gasteiger partial charge in [-0.05, 0) is 88.9 Å². The van der Waals surface area contributed by atoms with E-state index in [0.29, 0.717) is 38.2 Å². The van der Waals surface area contributed by atoms with Crippen LogP contribution in [0.3, 0.4) is 0 Å². The van der Waals surface area contributed by atoms with E-state index in [4.69, 9.17) is 11.6 Å². The minimum Gasteiger partial charge on any atom is -0.320 e. The number of carbonyl (C=O) groups is 1. The molecule has 1 aliphatic rings. The molecule has 212 valence electrons. The van der Waals surface area contributed by atoms with Gasteiger partial charge >= 0.3 is 6.18 Å². The van der Waals surface area contributed by atoms with Gasteiger partial charge in [-0.2, -0.15) is 13.2 Å². The first-order chi connectivity index (χ1) is 19.6. The molecule has 1 saturated heterocycles. The lowest BCUT2D eigenvalue weighted by atomic mass is 9.91. The number of nitrogens with zero attached hydrogens (tertiary/aromatic N) is 3. The molecule has 1 aliphatic heterocycles. The quantitative estimate of drug-likeness (QED) is 0.169. The number of hydrogen-bond donors (Lipinski definition) is 1. The summed E-state index contributed by atoms with van der Waals surface area (Å²) in [5.74, 6) is -1.03. The number of rotatable bonds is 6. The molecule has 0 radical (unpaired) electrons. The lowest BCUT2D eigenvalue weighted by Gasteiger charge is -2.32. The van der Waals surface area contributed by atoms with Crippen LogP contribution in [0.4, 0.5) is 23.2 Å². The molecule has 2 aromatic heterocycles. The van der Waals surface area contributed by atoms with Gasteiger partial charge in [0.25, 0.3) is 5.91 Å². The van der Waals surface area contributed by atoms with E-state index >= 15 is 0 Å². The van der Waals surface area contributed by atoms with Crippen molar-refractivity contribution in [2.24, 2.45) is 0 Å². The Morgan fingerprint density at radius 3 is 2.24 bits per heavy atom. The fourth-order valence-electron chi connectivity index (χ4n) is 4.92.